The van der Waals surface area contributed by atoms with Gasteiger partial charge in [-0.25, -0.2) is 0 Å². The number of hydrogen-bond donors (Lipinski definition) is 0. The molecule has 1 heteroatoms. The van der Waals surface area contributed by atoms with Gasteiger partial charge in [-0.05, 0) is 31.2 Å². The molecule has 0 atom stereocenters. The number of rotatable bonds is 4. The van der Waals surface area contributed by atoms with E-state index in [0.717, 1.165) is 12.8 Å². The fraction of sp³-hybridized carbons (Fsp3) is 0.333. The van der Waals surface area contributed by atoms with Crippen molar-refractivity contribution in [3.63, 3.8) is 0 Å². The summed E-state index contributed by atoms with van der Waals surface area (Å²) < 4.78 is 0. The fourth-order valence-electron chi connectivity index (χ4n) is 1.19. The quantitative estimate of drug-likeness (QED) is 0.265. The van der Waals surface area contributed by atoms with Crippen LogP contribution in [-0.4, -0.2) is 0 Å². The van der Waals surface area contributed by atoms with E-state index in [2.05, 4.69) is 58.2 Å². The molecule has 0 nitrogen and oxygen atoms in total. The van der Waals surface area contributed by atoms with Gasteiger partial charge in [0.05, 0.1) is 0 Å². The predicted molar refractivity (Wildman–Crippen MR) is 87.7 cm³/mol. The molecule has 0 aliphatic heterocycles. The zero-order valence-electron chi connectivity index (χ0n) is 13.2. The van der Waals surface area contributed by atoms with Crippen molar-refractivity contribution in [1.82, 2.24) is 0 Å². The Bertz CT molecular complexity index is 288. The second-order valence-corrected chi connectivity index (χ2v) is 4.22. The molecule has 1 aromatic rings. The number of unbranched alkanes of at least 4 members (excludes halogenated alkanes) is 1. The van der Waals surface area contributed by atoms with Gasteiger partial charge >= 0.3 is 19.5 Å². The van der Waals surface area contributed by atoms with E-state index >= 15 is 0 Å². The van der Waals surface area contributed by atoms with Gasteiger partial charge in [0.1, 0.15) is 0 Å². The molecular formula is C18H30Ru. The van der Waals surface area contributed by atoms with Crippen LogP contribution in [0.25, 0.3) is 0 Å². The molecule has 1 rings (SSSR count). The second-order valence-electron chi connectivity index (χ2n) is 4.22. The van der Waals surface area contributed by atoms with Crippen molar-refractivity contribution in [2.24, 2.45) is 0 Å². The van der Waals surface area contributed by atoms with Gasteiger partial charge in [-0.1, -0.05) is 55.8 Å². The van der Waals surface area contributed by atoms with Crippen LogP contribution in [0.5, 0.6) is 0 Å². The zero-order valence-corrected chi connectivity index (χ0v) is 15.0. The molecule has 0 bridgehead atoms. The molecule has 0 radical (unpaired) electrons. The van der Waals surface area contributed by atoms with Crippen LogP contribution in [0, 0.1) is 21.8 Å². The molecule has 110 valence electrons. The summed E-state index contributed by atoms with van der Waals surface area (Å²) in [6.07, 6.45) is 5.90. The smallest absolute Gasteiger partial charge is 0.358 e. The van der Waals surface area contributed by atoms with Gasteiger partial charge in [0.25, 0.3) is 0 Å². The van der Waals surface area contributed by atoms with Crippen molar-refractivity contribution >= 4 is 0 Å². The summed E-state index contributed by atoms with van der Waals surface area (Å²) in [5, 5.41) is 0. The van der Waals surface area contributed by atoms with E-state index in [9.17, 15) is 0 Å². The van der Waals surface area contributed by atoms with Crippen molar-refractivity contribution in [2.75, 3.05) is 0 Å². The van der Waals surface area contributed by atoms with Gasteiger partial charge in [-0.15, -0.1) is 13.2 Å². The maximum absolute atomic E-state index is 3.55. The third-order valence-corrected chi connectivity index (χ3v) is 2.32. The largest absolute Gasteiger partial charge is 2.00 e. The van der Waals surface area contributed by atoms with Gasteiger partial charge in [-0.3, -0.25) is 0 Å². The summed E-state index contributed by atoms with van der Waals surface area (Å²) in [5.41, 5.74) is 2.76. The first kappa shape index (κ1) is 26.8. The summed E-state index contributed by atoms with van der Waals surface area (Å²) in [4.78, 5) is 0. The van der Waals surface area contributed by atoms with E-state index in [4.69, 9.17) is 0 Å². The van der Waals surface area contributed by atoms with Crippen molar-refractivity contribution in [3.8, 4) is 0 Å². The molecule has 0 saturated carbocycles. The molecule has 0 aliphatic rings. The molecule has 0 spiro atoms. The SMILES string of the molecule is C=CCCC=C.Cc1ccc(C(C)C)cc1.[CH3-].[CH3-].[Ru+2]. The molecule has 0 aromatic heterocycles. The van der Waals surface area contributed by atoms with E-state index in [1.807, 2.05) is 12.2 Å². The zero-order chi connectivity index (χ0) is 12.4. The topological polar surface area (TPSA) is 0 Å². The molecule has 0 aliphatic carbocycles. The second kappa shape index (κ2) is 17.3. The van der Waals surface area contributed by atoms with Gasteiger partial charge in [0.2, 0.25) is 0 Å². The molecule has 0 heterocycles. The third-order valence-electron chi connectivity index (χ3n) is 2.32. The summed E-state index contributed by atoms with van der Waals surface area (Å²) in [5.74, 6) is 0.653. The van der Waals surface area contributed by atoms with Gasteiger partial charge < -0.3 is 14.9 Å². The van der Waals surface area contributed by atoms with Crippen LogP contribution < -0.4 is 0 Å². The molecule has 0 amide bonds. The van der Waals surface area contributed by atoms with Gasteiger partial charge in [0, 0.05) is 0 Å². The van der Waals surface area contributed by atoms with Crippen molar-refractivity contribution < 1.29 is 19.5 Å². The van der Waals surface area contributed by atoms with Gasteiger partial charge in [0.15, 0.2) is 0 Å². The number of benzene rings is 1. The Morgan fingerprint density at radius 2 is 1.32 bits per heavy atom. The van der Waals surface area contributed by atoms with E-state index in [1.54, 1.807) is 0 Å². The molecular weight excluding hydrogens is 317 g/mol. The van der Waals surface area contributed by atoms with Crippen molar-refractivity contribution in [2.45, 2.75) is 39.5 Å². The Morgan fingerprint density at radius 3 is 1.58 bits per heavy atom. The summed E-state index contributed by atoms with van der Waals surface area (Å²) in [7, 11) is 0. The first-order chi connectivity index (χ1) is 7.61. The average molecular weight is 348 g/mol. The van der Waals surface area contributed by atoms with Crippen molar-refractivity contribution in [1.29, 1.82) is 0 Å². The number of aryl methyl sites for hydroxylation is 1. The normalized spacial score (nSPS) is 7.79. The molecule has 0 saturated heterocycles. The Kier molecular flexibility index (Phi) is 24.4. The summed E-state index contributed by atoms with van der Waals surface area (Å²) in [6.45, 7) is 13.6. The van der Waals surface area contributed by atoms with Crippen LogP contribution in [0.1, 0.15) is 43.7 Å². The predicted octanol–water partition coefficient (Wildman–Crippen LogP) is 6.16. The number of allylic oxidation sites excluding steroid dienone is 2. The standard InChI is InChI=1S/C10H14.C6H10.2CH3.Ru/c1-8(2)10-6-4-9(3)5-7-10;1-3-5-6-4-2;;;/h4-8H,1-3H3;3-4H,1-2,5-6H2;2*1H3;/q;;2*-1;+2. The monoisotopic (exact) mass is 348 g/mol. The van der Waals surface area contributed by atoms with Crippen LogP contribution in [0.15, 0.2) is 49.6 Å². The molecule has 0 fully saturated rings. The Hall–Kier alpha value is -0.677. The Balaban J connectivity index is -0.000000112. The molecule has 0 unspecified atom stereocenters. The summed E-state index contributed by atoms with van der Waals surface area (Å²) in [6, 6.07) is 8.71. The first-order valence-electron chi connectivity index (χ1n) is 5.90. The first-order valence-corrected chi connectivity index (χ1v) is 5.90. The van der Waals surface area contributed by atoms with E-state index in [0.29, 0.717) is 5.92 Å². The van der Waals surface area contributed by atoms with Crippen molar-refractivity contribution in [3.05, 3.63) is 75.6 Å². The van der Waals surface area contributed by atoms with Crippen LogP contribution in [0.4, 0.5) is 0 Å². The van der Waals surface area contributed by atoms with E-state index < -0.39 is 0 Å². The Morgan fingerprint density at radius 1 is 0.947 bits per heavy atom. The third kappa shape index (κ3) is 15.3. The minimum absolute atomic E-state index is 0. The minimum atomic E-state index is 0. The van der Waals surface area contributed by atoms with Crippen LogP contribution >= 0.6 is 0 Å². The minimum Gasteiger partial charge on any atom is -0.358 e. The maximum atomic E-state index is 3.55. The Labute approximate surface area is 134 Å². The molecule has 19 heavy (non-hydrogen) atoms. The molecule has 1 aromatic carbocycles. The molecule has 0 N–H and O–H groups in total. The fourth-order valence-corrected chi connectivity index (χ4v) is 1.19. The van der Waals surface area contributed by atoms with E-state index in [1.165, 1.54) is 11.1 Å². The summed E-state index contributed by atoms with van der Waals surface area (Å²) >= 11 is 0. The van der Waals surface area contributed by atoms with Gasteiger partial charge in [-0.2, -0.15) is 0 Å². The average Bonchev–Trinajstić information content (AvgIpc) is 2.28. The maximum Gasteiger partial charge on any atom is 2.00 e. The van der Waals surface area contributed by atoms with Crippen LogP contribution in [-0.2, 0) is 19.5 Å². The van der Waals surface area contributed by atoms with Crippen LogP contribution in [0.3, 0.4) is 0 Å². The van der Waals surface area contributed by atoms with Crippen LogP contribution in [0.2, 0.25) is 0 Å². The van der Waals surface area contributed by atoms with E-state index in [-0.39, 0.29) is 34.3 Å². The number of hydrogen-bond acceptors (Lipinski definition) is 0.